The van der Waals surface area contributed by atoms with Gasteiger partial charge in [-0.15, -0.1) is 11.3 Å². The number of aromatic amines is 1. The van der Waals surface area contributed by atoms with Crippen LogP contribution in [0.25, 0.3) is 10.6 Å². The van der Waals surface area contributed by atoms with Gasteiger partial charge in [0, 0.05) is 0 Å². The molecule has 3 nitrogen and oxygen atoms in total. The molecular formula is C7H5BrIN3S. The van der Waals surface area contributed by atoms with Gasteiger partial charge < -0.3 is 5.73 Å². The molecule has 0 amide bonds. The van der Waals surface area contributed by atoms with Crippen LogP contribution in [0.15, 0.2) is 15.9 Å². The Balaban J connectivity index is 2.52. The number of nitrogens with zero attached hydrogens (tertiary/aromatic N) is 1. The van der Waals surface area contributed by atoms with Gasteiger partial charge in [0.1, 0.15) is 0 Å². The van der Waals surface area contributed by atoms with E-state index in [4.69, 9.17) is 5.73 Å². The van der Waals surface area contributed by atoms with Crippen LogP contribution in [0.4, 0.5) is 5.82 Å². The van der Waals surface area contributed by atoms with Crippen molar-refractivity contribution < 1.29 is 0 Å². The largest absolute Gasteiger partial charge is 0.381 e. The highest BCUT2D eigenvalue weighted by Gasteiger charge is 2.10. The van der Waals surface area contributed by atoms with Crippen molar-refractivity contribution in [2.45, 2.75) is 0 Å². The van der Waals surface area contributed by atoms with Crippen LogP contribution in [0, 0.1) is 3.57 Å². The highest BCUT2D eigenvalue weighted by Crippen LogP contribution is 2.34. The van der Waals surface area contributed by atoms with Gasteiger partial charge in [0.15, 0.2) is 5.82 Å². The van der Waals surface area contributed by atoms with Crippen molar-refractivity contribution in [2.75, 3.05) is 5.73 Å². The van der Waals surface area contributed by atoms with E-state index < -0.39 is 0 Å². The molecule has 0 radical (unpaired) electrons. The van der Waals surface area contributed by atoms with Crippen LogP contribution in [-0.4, -0.2) is 10.2 Å². The minimum absolute atomic E-state index is 0.556. The summed E-state index contributed by atoms with van der Waals surface area (Å²) in [6, 6.07) is 4.04. The topological polar surface area (TPSA) is 54.7 Å². The average Bonchev–Trinajstić information content (AvgIpc) is 2.62. The zero-order chi connectivity index (χ0) is 9.42. The molecule has 0 unspecified atom stereocenters. The average molecular weight is 370 g/mol. The molecule has 2 rings (SSSR count). The van der Waals surface area contributed by atoms with Crippen LogP contribution in [-0.2, 0) is 0 Å². The Hall–Kier alpha value is -0.0800. The van der Waals surface area contributed by atoms with Crippen molar-refractivity contribution in [3.8, 4) is 10.6 Å². The third kappa shape index (κ3) is 1.75. The Morgan fingerprint density at radius 1 is 1.54 bits per heavy atom. The van der Waals surface area contributed by atoms with Gasteiger partial charge in [-0.3, -0.25) is 5.10 Å². The molecule has 0 spiro atoms. The molecule has 2 aromatic rings. The lowest BCUT2D eigenvalue weighted by Gasteiger charge is -1.91. The molecule has 0 atom stereocenters. The summed E-state index contributed by atoms with van der Waals surface area (Å²) in [6.45, 7) is 0. The van der Waals surface area contributed by atoms with E-state index in [0.29, 0.717) is 5.82 Å². The van der Waals surface area contributed by atoms with Crippen LogP contribution in [0.2, 0.25) is 0 Å². The first-order valence-corrected chi connectivity index (χ1v) is 6.12. The van der Waals surface area contributed by atoms with Gasteiger partial charge in [-0.1, -0.05) is 0 Å². The number of thiophene rings is 1. The number of hydrogen-bond acceptors (Lipinski definition) is 3. The van der Waals surface area contributed by atoms with Crippen molar-refractivity contribution in [3.63, 3.8) is 0 Å². The lowest BCUT2D eigenvalue weighted by Crippen LogP contribution is -1.85. The van der Waals surface area contributed by atoms with E-state index in [1.165, 1.54) is 0 Å². The summed E-state index contributed by atoms with van der Waals surface area (Å²) in [5.41, 5.74) is 6.62. The number of H-pyrrole nitrogens is 1. The molecule has 0 aliphatic rings. The van der Waals surface area contributed by atoms with Gasteiger partial charge in [0.05, 0.1) is 17.9 Å². The number of anilines is 1. The Bertz CT molecular complexity index is 437. The smallest absolute Gasteiger partial charge is 0.159 e. The van der Waals surface area contributed by atoms with E-state index in [-0.39, 0.29) is 0 Å². The molecule has 0 aliphatic carbocycles. The van der Waals surface area contributed by atoms with E-state index in [1.807, 2.05) is 12.1 Å². The minimum Gasteiger partial charge on any atom is -0.381 e. The molecule has 0 saturated carbocycles. The van der Waals surface area contributed by atoms with Crippen molar-refractivity contribution in [2.24, 2.45) is 0 Å². The van der Waals surface area contributed by atoms with Gasteiger partial charge in [-0.05, 0) is 50.7 Å². The van der Waals surface area contributed by atoms with Crippen LogP contribution in [0.3, 0.4) is 0 Å². The number of nitrogen functional groups attached to an aromatic ring is 1. The zero-order valence-corrected chi connectivity index (χ0v) is 10.9. The Morgan fingerprint density at radius 3 is 2.77 bits per heavy atom. The number of hydrogen-bond donors (Lipinski definition) is 2. The molecule has 3 N–H and O–H groups in total. The highest BCUT2D eigenvalue weighted by molar-refractivity contribution is 14.1. The monoisotopic (exact) mass is 369 g/mol. The first-order valence-electron chi connectivity index (χ1n) is 3.43. The summed E-state index contributed by atoms with van der Waals surface area (Å²) >= 11 is 7.25. The molecule has 13 heavy (non-hydrogen) atoms. The molecule has 0 aromatic carbocycles. The third-order valence-corrected chi connectivity index (χ3v) is 4.29. The Morgan fingerprint density at radius 2 is 2.31 bits per heavy atom. The second-order valence-electron chi connectivity index (χ2n) is 2.40. The van der Waals surface area contributed by atoms with Crippen molar-refractivity contribution in [1.82, 2.24) is 10.2 Å². The molecular weight excluding hydrogens is 365 g/mol. The van der Waals surface area contributed by atoms with Crippen molar-refractivity contribution in [3.05, 3.63) is 19.5 Å². The molecule has 0 aliphatic heterocycles. The number of nitrogens with one attached hydrogen (secondary N) is 1. The fraction of sp³-hybridized carbons (Fsp3) is 0. The number of rotatable bonds is 1. The summed E-state index contributed by atoms with van der Waals surface area (Å²) < 4.78 is 2.08. The third-order valence-electron chi connectivity index (χ3n) is 1.55. The maximum Gasteiger partial charge on any atom is 0.159 e. The van der Waals surface area contributed by atoms with E-state index in [1.54, 1.807) is 11.3 Å². The Labute approximate surface area is 101 Å². The molecule has 2 heterocycles. The van der Waals surface area contributed by atoms with E-state index >= 15 is 0 Å². The van der Waals surface area contributed by atoms with Crippen LogP contribution in [0.5, 0.6) is 0 Å². The van der Waals surface area contributed by atoms with E-state index in [0.717, 1.165) is 17.9 Å². The second kappa shape index (κ2) is 3.58. The minimum atomic E-state index is 0.556. The van der Waals surface area contributed by atoms with Gasteiger partial charge >= 0.3 is 0 Å². The van der Waals surface area contributed by atoms with Gasteiger partial charge in [0.2, 0.25) is 0 Å². The van der Waals surface area contributed by atoms with Crippen molar-refractivity contribution in [1.29, 1.82) is 0 Å². The Kier molecular flexibility index (Phi) is 2.61. The summed E-state index contributed by atoms with van der Waals surface area (Å²) in [4.78, 5) is 1.14. The maximum absolute atomic E-state index is 5.63. The summed E-state index contributed by atoms with van der Waals surface area (Å²) in [6.07, 6.45) is 0. The summed E-state index contributed by atoms with van der Waals surface area (Å²) in [5.74, 6) is 0.556. The standard InChI is InChI=1S/C7H5BrIN3S/c8-4-2-1-3(13-4)6-5(9)7(10)12-11-6/h1-2H,(H3,10,11,12). The fourth-order valence-corrected chi connectivity index (χ4v) is 3.06. The number of aromatic nitrogens is 2. The van der Waals surface area contributed by atoms with Gasteiger partial charge in [0.25, 0.3) is 0 Å². The SMILES string of the molecule is Nc1n[nH]c(-c2ccc(Br)s2)c1I. The molecule has 0 fully saturated rings. The fourth-order valence-electron chi connectivity index (χ4n) is 0.954. The van der Waals surface area contributed by atoms with E-state index in [2.05, 4.69) is 48.7 Å². The van der Waals surface area contributed by atoms with Crippen LogP contribution in [0.1, 0.15) is 0 Å². The molecule has 0 bridgehead atoms. The predicted octanol–water partition coefficient (Wildman–Crippen LogP) is 3.09. The highest BCUT2D eigenvalue weighted by atomic mass is 127. The molecule has 2 aromatic heterocycles. The normalized spacial score (nSPS) is 10.6. The molecule has 0 saturated heterocycles. The number of nitrogens with two attached hydrogens (primary N) is 1. The summed E-state index contributed by atoms with van der Waals surface area (Å²) in [7, 11) is 0. The van der Waals surface area contributed by atoms with Gasteiger partial charge in [-0.2, -0.15) is 5.10 Å². The zero-order valence-electron chi connectivity index (χ0n) is 6.34. The van der Waals surface area contributed by atoms with Crippen LogP contribution < -0.4 is 5.73 Å². The number of halogens is 2. The molecule has 68 valence electrons. The first-order chi connectivity index (χ1) is 6.18. The molecule has 6 heteroatoms. The maximum atomic E-state index is 5.63. The second-order valence-corrected chi connectivity index (χ2v) is 5.94. The predicted molar refractivity (Wildman–Crippen MR) is 66.7 cm³/mol. The van der Waals surface area contributed by atoms with Crippen molar-refractivity contribution >= 4 is 55.7 Å². The lowest BCUT2D eigenvalue weighted by atomic mass is 10.3. The van der Waals surface area contributed by atoms with Crippen LogP contribution >= 0.6 is 49.9 Å². The lowest BCUT2D eigenvalue weighted by molar-refractivity contribution is 1.11. The quantitative estimate of drug-likeness (QED) is 0.759. The summed E-state index contributed by atoms with van der Waals surface area (Å²) in [5, 5.41) is 6.85. The van der Waals surface area contributed by atoms with E-state index in [9.17, 15) is 0 Å². The van der Waals surface area contributed by atoms with Gasteiger partial charge in [-0.25, -0.2) is 0 Å². The first kappa shape index (κ1) is 9.47.